The molecule has 0 aliphatic carbocycles. The van der Waals surface area contributed by atoms with Gasteiger partial charge in [0.2, 0.25) is 0 Å². The molecule has 0 amide bonds. The van der Waals surface area contributed by atoms with E-state index in [1.807, 2.05) is 0 Å². The van der Waals surface area contributed by atoms with Crippen LogP contribution in [0.1, 0.15) is 0 Å². The fourth-order valence-corrected chi connectivity index (χ4v) is 1.22. The van der Waals surface area contributed by atoms with Gasteiger partial charge in [-0.3, -0.25) is 0 Å². The number of rotatable bonds is 0. The van der Waals surface area contributed by atoms with Gasteiger partial charge in [-0.15, -0.1) is 0 Å². The number of hydrogen-bond donors (Lipinski definition) is 1. The van der Waals surface area contributed by atoms with Crippen LogP contribution in [0.2, 0.25) is 0 Å². The lowest BCUT2D eigenvalue weighted by atomic mass is 10.4. The van der Waals surface area contributed by atoms with E-state index in [9.17, 15) is 9.18 Å². The summed E-state index contributed by atoms with van der Waals surface area (Å²) in [5.41, 5.74) is -0.119. The first-order valence-corrected chi connectivity index (χ1v) is 3.89. The zero-order valence-electron chi connectivity index (χ0n) is 5.71. The zero-order valence-corrected chi connectivity index (χ0v) is 7.30. The lowest BCUT2D eigenvalue weighted by Gasteiger charge is -1.93. The van der Waals surface area contributed by atoms with E-state index in [1.165, 1.54) is 16.7 Å². The Morgan fingerprint density at radius 2 is 2.42 bits per heavy atom. The van der Waals surface area contributed by atoms with Crippen molar-refractivity contribution in [1.82, 2.24) is 14.6 Å². The highest BCUT2D eigenvalue weighted by Crippen LogP contribution is 2.14. The van der Waals surface area contributed by atoms with Gasteiger partial charge >= 0.3 is 5.69 Å². The molecule has 0 bridgehead atoms. The molecule has 0 aromatic carbocycles. The number of halogens is 2. The van der Waals surface area contributed by atoms with Crippen LogP contribution in [-0.2, 0) is 0 Å². The molecule has 0 fully saturated rings. The second-order valence-corrected chi connectivity index (χ2v) is 3.08. The maximum absolute atomic E-state index is 12.8. The maximum atomic E-state index is 12.8. The smallest absolute Gasteiger partial charge is 0.249 e. The summed E-state index contributed by atoms with van der Waals surface area (Å²) in [7, 11) is 0. The average molecular weight is 232 g/mol. The molecule has 0 radical (unpaired) electrons. The quantitative estimate of drug-likeness (QED) is 0.734. The van der Waals surface area contributed by atoms with Gasteiger partial charge in [-0.05, 0) is 15.9 Å². The van der Waals surface area contributed by atoms with E-state index >= 15 is 0 Å². The van der Waals surface area contributed by atoms with Gasteiger partial charge in [-0.1, -0.05) is 0 Å². The Hall–Kier alpha value is -1.17. The Bertz CT molecular complexity index is 489. The van der Waals surface area contributed by atoms with Gasteiger partial charge in [-0.2, -0.15) is 5.10 Å². The predicted molar refractivity (Wildman–Crippen MR) is 43.5 cm³/mol. The van der Waals surface area contributed by atoms with Crippen LogP contribution in [-0.4, -0.2) is 14.6 Å². The summed E-state index contributed by atoms with van der Waals surface area (Å²) in [4.78, 5) is 10.9. The van der Waals surface area contributed by atoms with Crippen LogP contribution >= 0.6 is 15.9 Å². The summed E-state index contributed by atoms with van der Waals surface area (Å²) in [6.07, 6.45) is 1.33. The van der Waals surface area contributed by atoms with E-state index in [1.54, 1.807) is 0 Å². The number of nitrogens with one attached hydrogen (secondary N) is 1. The normalized spacial score (nSPS) is 10.8. The van der Waals surface area contributed by atoms with Crippen molar-refractivity contribution in [3.8, 4) is 0 Å². The van der Waals surface area contributed by atoms with Crippen molar-refractivity contribution < 1.29 is 4.39 Å². The van der Waals surface area contributed by atoms with Crippen molar-refractivity contribution in [2.24, 2.45) is 0 Å². The number of nitrogens with zero attached hydrogens (tertiary/aromatic N) is 2. The Morgan fingerprint density at radius 3 is 3.17 bits per heavy atom. The van der Waals surface area contributed by atoms with E-state index in [-0.39, 0.29) is 15.8 Å². The lowest BCUT2D eigenvalue weighted by molar-refractivity contribution is 0.619. The molecule has 12 heavy (non-hydrogen) atoms. The summed E-state index contributed by atoms with van der Waals surface area (Å²) >= 11 is 2.96. The number of H-pyrrole nitrogens is 1. The third-order valence-electron chi connectivity index (χ3n) is 1.46. The van der Waals surface area contributed by atoms with Gasteiger partial charge < -0.3 is 0 Å². The molecule has 2 aromatic heterocycles. The third-order valence-corrected chi connectivity index (χ3v) is 2.04. The highest BCUT2D eigenvalue weighted by Gasteiger charge is 2.04. The van der Waals surface area contributed by atoms with Gasteiger partial charge in [0.25, 0.3) is 0 Å². The summed E-state index contributed by atoms with van der Waals surface area (Å²) in [6, 6.07) is 1.17. The average Bonchev–Trinajstić information content (AvgIpc) is 2.35. The largest absolute Gasteiger partial charge is 0.347 e. The second-order valence-electron chi connectivity index (χ2n) is 2.23. The van der Waals surface area contributed by atoms with Gasteiger partial charge in [-0.25, -0.2) is 18.7 Å². The SMILES string of the molecule is O=c1[nH]nc2cc(F)c(Br)cn12. The Morgan fingerprint density at radius 1 is 1.67 bits per heavy atom. The molecule has 0 saturated heterocycles. The van der Waals surface area contributed by atoms with Crippen LogP contribution in [0.3, 0.4) is 0 Å². The fraction of sp³-hybridized carbons (Fsp3) is 0. The molecule has 0 aliphatic rings. The first-order chi connectivity index (χ1) is 5.68. The van der Waals surface area contributed by atoms with Crippen LogP contribution in [0.15, 0.2) is 21.5 Å². The number of hydrogen-bond acceptors (Lipinski definition) is 2. The summed E-state index contributed by atoms with van der Waals surface area (Å²) in [6.45, 7) is 0. The first-order valence-electron chi connectivity index (χ1n) is 3.10. The minimum absolute atomic E-state index is 0.235. The van der Waals surface area contributed by atoms with E-state index in [4.69, 9.17) is 0 Å². The second kappa shape index (κ2) is 2.41. The molecule has 0 aliphatic heterocycles. The summed E-state index contributed by atoms with van der Waals surface area (Å²) < 4.78 is 14.3. The molecular weight excluding hydrogens is 229 g/mol. The van der Waals surface area contributed by atoms with Crippen molar-refractivity contribution in [2.75, 3.05) is 0 Å². The molecule has 0 saturated carbocycles. The van der Waals surface area contributed by atoms with Crippen molar-refractivity contribution in [3.63, 3.8) is 0 Å². The Labute approximate surface area is 74.2 Å². The topological polar surface area (TPSA) is 50.2 Å². The Kier molecular flexibility index (Phi) is 1.50. The summed E-state index contributed by atoms with van der Waals surface area (Å²) in [5.74, 6) is -0.443. The standard InChI is InChI=1S/C6H3BrFN3O/c7-3-2-11-5(1-4(3)8)9-10-6(11)12/h1-2H,(H,10,12). The number of aromatic nitrogens is 3. The minimum atomic E-state index is -0.443. The molecule has 2 heterocycles. The van der Waals surface area contributed by atoms with Crippen LogP contribution in [0.25, 0.3) is 5.65 Å². The summed E-state index contributed by atoms with van der Waals surface area (Å²) in [5, 5.41) is 5.79. The molecule has 6 heteroatoms. The molecule has 0 atom stereocenters. The van der Waals surface area contributed by atoms with Gasteiger partial charge in [0.1, 0.15) is 5.82 Å². The molecule has 1 N–H and O–H groups in total. The number of aromatic amines is 1. The molecule has 4 nitrogen and oxygen atoms in total. The highest BCUT2D eigenvalue weighted by molar-refractivity contribution is 9.10. The number of pyridine rings is 1. The molecule has 2 rings (SSSR count). The van der Waals surface area contributed by atoms with Crippen LogP contribution < -0.4 is 5.69 Å². The van der Waals surface area contributed by atoms with Gasteiger partial charge in [0.15, 0.2) is 5.65 Å². The highest BCUT2D eigenvalue weighted by atomic mass is 79.9. The predicted octanol–water partition coefficient (Wildman–Crippen LogP) is 0.924. The molecular formula is C6H3BrFN3O. The molecule has 2 aromatic rings. The zero-order chi connectivity index (χ0) is 8.72. The molecule has 0 unspecified atom stereocenters. The van der Waals surface area contributed by atoms with Crippen LogP contribution in [0.4, 0.5) is 4.39 Å². The Balaban J connectivity index is 2.97. The molecule has 62 valence electrons. The minimum Gasteiger partial charge on any atom is -0.249 e. The van der Waals surface area contributed by atoms with Gasteiger partial charge in [0, 0.05) is 12.3 Å². The third kappa shape index (κ3) is 0.953. The van der Waals surface area contributed by atoms with Gasteiger partial charge in [0.05, 0.1) is 4.47 Å². The van der Waals surface area contributed by atoms with E-state index in [0.717, 1.165) is 0 Å². The lowest BCUT2D eigenvalue weighted by Crippen LogP contribution is -2.08. The fourth-order valence-electron chi connectivity index (χ4n) is 0.901. The van der Waals surface area contributed by atoms with Crippen molar-refractivity contribution >= 4 is 21.6 Å². The van der Waals surface area contributed by atoms with E-state index in [0.29, 0.717) is 0 Å². The van der Waals surface area contributed by atoms with Crippen molar-refractivity contribution in [2.45, 2.75) is 0 Å². The van der Waals surface area contributed by atoms with Crippen molar-refractivity contribution in [3.05, 3.63) is 33.0 Å². The maximum Gasteiger partial charge on any atom is 0.347 e. The van der Waals surface area contributed by atoms with E-state index in [2.05, 4.69) is 26.1 Å². The van der Waals surface area contributed by atoms with Crippen molar-refractivity contribution in [1.29, 1.82) is 0 Å². The first kappa shape index (κ1) is 7.48. The number of fused-ring (bicyclic) bond motifs is 1. The molecule has 0 spiro atoms. The van der Waals surface area contributed by atoms with Crippen LogP contribution in [0.5, 0.6) is 0 Å². The van der Waals surface area contributed by atoms with Crippen LogP contribution in [0, 0.1) is 5.82 Å². The van der Waals surface area contributed by atoms with E-state index < -0.39 is 5.82 Å². The monoisotopic (exact) mass is 231 g/mol.